The van der Waals surface area contributed by atoms with Gasteiger partial charge in [0.1, 0.15) is 0 Å². The number of thiophene rings is 1. The molecule has 9 heteroatoms. The number of nitrogens with two attached hydrogens (primary N) is 2. The molecule has 1 aromatic carbocycles. The van der Waals surface area contributed by atoms with Gasteiger partial charge in [-0.2, -0.15) is 4.98 Å². The lowest BCUT2D eigenvalue weighted by Gasteiger charge is -2.29. The minimum atomic E-state index is -0.685. The topological polar surface area (TPSA) is 132 Å². The molecule has 8 nitrogen and oxygen atoms in total. The molecule has 0 saturated heterocycles. The molecule has 1 amide bonds. The average Bonchev–Trinajstić information content (AvgIpc) is 3.11. The van der Waals surface area contributed by atoms with Crippen LogP contribution in [0.1, 0.15) is 36.2 Å². The monoisotopic (exact) mass is 383 g/mol. The van der Waals surface area contributed by atoms with E-state index in [9.17, 15) is 4.79 Å². The van der Waals surface area contributed by atoms with Crippen LogP contribution in [-0.2, 0) is 0 Å². The number of hydrogen-bond acceptors (Lipinski definition) is 8. The highest BCUT2D eigenvalue weighted by Gasteiger charge is 2.23. The molecule has 3 aromatic rings. The molecule has 0 radical (unpaired) electrons. The minimum absolute atomic E-state index is 0.00101. The van der Waals surface area contributed by atoms with Gasteiger partial charge in [0, 0.05) is 22.5 Å². The summed E-state index contributed by atoms with van der Waals surface area (Å²) in [6, 6.07) is 8.11. The van der Waals surface area contributed by atoms with Crippen molar-refractivity contribution in [1.82, 2.24) is 15.2 Å². The quantitative estimate of drug-likeness (QED) is 0.532. The van der Waals surface area contributed by atoms with E-state index in [1.54, 1.807) is 11.3 Å². The van der Waals surface area contributed by atoms with Crippen LogP contribution in [0, 0.1) is 0 Å². The van der Waals surface area contributed by atoms with Crippen molar-refractivity contribution in [1.29, 1.82) is 0 Å². The van der Waals surface area contributed by atoms with E-state index in [4.69, 9.17) is 11.5 Å². The lowest BCUT2D eigenvalue weighted by atomic mass is 9.91. The van der Waals surface area contributed by atoms with Gasteiger partial charge in [-0.15, -0.1) is 21.5 Å². The lowest BCUT2D eigenvalue weighted by Crippen LogP contribution is -2.43. The predicted molar refractivity (Wildman–Crippen MR) is 107 cm³/mol. The van der Waals surface area contributed by atoms with Crippen LogP contribution in [0.4, 0.5) is 17.5 Å². The molecule has 1 aliphatic rings. The molecule has 140 valence electrons. The smallest absolute Gasteiger partial charge is 0.273 e. The standard InChI is InChI=1S/C18H21N7OS/c19-12-3-1-2-4-13(12)22-18-23-17(15(16(20)26)24-25-18)21-11-5-6-14-10(9-11)7-8-27-14/h5-9,12-13H,1-4,19H2,(H2,20,26)(H2,21,22,23,25)/t12-,13+/m0/s1. The number of hydrogen-bond donors (Lipinski definition) is 4. The predicted octanol–water partition coefficient (Wildman–Crippen LogP) is 2.61. The molecule has 1 saturated carbocycles. The summed E-state index contributed by atoms with van der Waals surface area (Å²) in [4.78, 5) is 16.2. The van der Waals surface area contributed by atoms with Crippen molar-refractivity contribution in [3.8, 4) is 0 Å². The van der Waals surface area contributed by atoms with E-state index >= 15 is 0 Å². The molecule has 0 spiro atoms. The Morgan fingerprint density at radius 3 is 2.85 bits per heavy atom. The van der Waals surface area contributed by atoms with E-state index in [1.165, 1.54) is 4.70 Å². The van der Waals surface area contributed by atoms with E-state index in [0.29, 0.717) is 5.95 Å². The van der Waals surface area contributed by atoms with Crippen LogP contribution in [-0.4, -0.2) is 33.2 Å². The fourth-order valence-corrected chi connectivity index (χ4v) is 4.10. The van der Waals surface area contributed by atoms with Crippen LogP contribution < -0.4 is 22.1 Å². The van der Waals surface area contributed by atoms with Crippen LogP contribution in [0.5, 0.6) is 0 Å². The number of rotatable bonds is 5. The Hall–Kier alpha value is -2.78. The van der Waals surface area contributed by atoms with Gasteiger partial charge in [0.25, 0.3) is 5.91 Å². The maximum atomic E-state index is 11.7. The molecule has 27 heavy (non-hydrogen) atoms. The molecule has 1 aliphatic carbocycles. The summed E-state index contributed by atoms with van der Waals surface area (Å²) in [6.07, 6.45) is 4.18. The summed E-state index contributed by atoms with van der Waals surface area (Å²) in [5.74, 6) is -0.0737. The summed E-state index contributed by atoms with van der Waals surface area (Å²) in [5, 5.41) is 17.5. The molecule has 2 atom stereocenters. The Bertz CT molecular complexity index is 973. The molecule has 4 rings (SSSR count). The first-order valence-electron chi connectivity index (χ1n) is 8.91. The second kappa shape index (κ2) is 7.45. The summed E-state index contributed by atoms with van der Waals surface area (Å²) in [7, 11) is 0. The first-order chi connectivity index (χ1) is 13.1. The van der Waals surface area contributed by atoms with Gasteiger partial charge < -0.3 is 22.1 Å². The Kier molecular flexibility index (Phi) is 4.87. The Balaban J connectivity index is 1.61. The molecule has 2 aromatic heterocycles. The van der Waals surface area contributed by atoms with Crippen molar-refractivity contribution in [2.75, 3.05) is 10.6 Å². The largest absolute Gasteiger partial charge is 0.364 e. The van der Waals surface area contributed by atoms with Gasteiger partial charge in [-0.1, -0.05) is 12.8 Å². The number of nitrogens with zero attached hydrogens (tertiary/aromatic N) is 3. The number of fused-ring (bicyclic) bond motifs is 1. The van der Waals surface area contributed by atoms with Crippen LogP contribution in [0.3, 0.4) is 0 Å². The van der Waals surface area contributed by atoms with E-state index in [2.05, 4.69) is 25.8 Å². The molecule has 0 unspecified atom stereocenters. The second-order valence-electron chi connectivity index (χ2n) is 6.69. The van der Waals surface area contributed by atoms with Gasteiger partial charge in [0.2, 0.25) is 5.95 Å². The zero-order valence-corrected chi connectivity index (χ0v) is 15.5. The summed E-state index contributed by atoms with van der Waals surface area (Å²) < 4.78 is 1.19. The average molecular weight is 383 g/mol. The number of nitrogens with one attached hydrogen (secondary N) is 2. The molecular weight excluding hydrogens is 362 g/mol. The molecular formula is C18H21N7OS. The molecule has 0 bridgehead atoms. The highest BCUT2D eigenvalue weighted by molar-refractivity contribution is 7.17. The Morgan fingerprint density at radius 2 is 2.04 bits per heavy atom. The summed E-state index contributed by atoms with van der Waals surface area (Å²) in [6.45, 7) is 0. The van der Waals surface area contributed by atoms with E-state index < -0.39 is 5.91 Å². The highest BCUT2D eigenvalue weighted by Crippen LogP contribution is 2.27. The first kappa shape index (κ1) is 17.6. The molecule has 6 N–H and O–H groups in total. The van der Waals surface area contributed by atoms with Crippen molar-refractivity contribution in [3.05, 3.63) is 35.3 Å². The SMILES string of the molecule is NC(=O)c1nnc(N[C@@H]2CCCC[C@@H]2N)nc1Nc1ccc2sccc2c1. The maximum Gasteiger partial charge on any atom is 0.273 e. The second-order valence-corrected chi connectivity index (χ2v) is 7.64. The minimum Gasteiger partial charge on any atom is -0.364 e. The Labute approximate surface area is 160 Å². The Morgan fingerprint density at radius 1 is 1.19 bits per heavy atom. The van der Waals surface area contributed by atoms with Crippen molar-refractivity contribution in [3.63, 3.8) is 0 Å². The number of carbonyl (C=O) groups is 1. The van der Waals surface area contributed by atoms with Gasteiger partial charge in [-0.3, -0.25) is 4.79 Å². The third-order valence-electron chi connectivity index (χ3n) is 4.77. The molecule has 2 heterocycles. The maximum absolute atomic E-state index is 11.7. The summed E-state index contributed by atoms with van der Waals surface area (Å²) in [5.41, 5.74) is 12.4. The van der Waals surface area contributed by atoms with Crippen molar-refractivity contribution < 1.29 is 4.79 Å². The van der Waals surface area contributed by atoms with Crippen molar-refractivity contribution >= 4 is 44.8 Å². The lowest BCUT2D eigenvalue weighted by molar-refractivity contribution is 0.0995. The van der Waals surface area contributed by atoms with Crippen molar-refractivity contribution in [2.24, 2.45) is 11.5 Å². The third-order valence-corrected chi connectivity index (χ3v) is 5.67. The fraction of sp³-hybridized carbons (Fsp3) is 0.333. The number of benzene rings is 1. The normalized spacial score (nSPS) is 19.7. The van der Waals surface area contributed by atoms with E-state index in [1.807, 2.05) is 29.6 Å². The van der Waals surface area contributed by atoms with Gasteiger partial charge >= 0.3 is 0 Å². The molecule has 1 fully saturated rings. The van der Waals surface area contributed by atoms with E-state index in [0.717, 1.165) is 36.8 Å². The van der Waals surface area contributed by atoms with Crippen LogP contribution >= 0.6 is 11.3 Å². The van der Waals surface area contributed by atoms with Crippen LogP contribution in [0.25, 0.3) is 10.1 Å². The number of primary amides is 1. The van der Waals surface area contributed by atoms with Gasteiger partial charge in [-0.25, -0.2) is 0 Å². The third kappa shape index (κ3) is 3.83. The first-order valence-corrected chi connectivity index (χ1v) is 9.79. The number of aromatic nitrogens is 3. The number of amides is 1. The van der Waals surface area contributed by atoms with Gasteiger partial charge in [-0.05, 0) is 47.9 Å². The van der Waals surface area contributed by atoms with Crippen LogP contribution in [0.15, 0.2) is 29.6 Å². The number of carbonyl (C=O) groups excluding carboxylic acids is 1. The zero-order chi connectivity index (χ0) is 18.8. The highest BCUT2D eigenvalue weighted by atomic mass is 32.1. The van der Waals surface area contributed by atoms with E-state index in [-0.39, 0.29) is 23.6 Å². The zero-order valence-electron chi connectivity index (χ0n) is 14.7. The van der Waals surface area contributed by atoms with Crippen molar-refractivity contribution in [2.45, 2.75) is 37.8 Å². The molecule has 0 aliphatic heterocycles. The van der Waals surface area contributed by atoms with Crippen LogP contribution in [0.2, 0.25) is 0 Å². The number of anilines is 3. The fourth-order valence-electron chi connectivity index (χ4n) is 3.33. The van der Waals surface area contributed by atoms with Gasteiger partial charge in [0.15, 0.2) is 11.5 Å². The summed E-state index contributed by atoms with van der Waals surface area (Å²) >= 11 is 1.67. The van der Waals surface area contributed by atoms with Gasteiger partial charge in [0.05, 0.1) is 0 Å².